The molecule has 0 unspecified atom stereocenters. The van der Waals surface area contributed by atoms with E-state index in [1.807, 2.05) is 60.7 Å². The van der Waals surface area contributed by atoms with Gasteiger partial charge < -0.3 is 4.74 Å². The summed E-state index contributed by atoms with van der Waals surface area (Å²) in [5.74, 6) is -0.504. The molecular weight excluding hydrogens is 372 g/mol. The first kappa shape index (κ1) is 18.5. The van der Waals surface area contributed by atoms with Gasteiger partial charge in [-0.1, -0.05) is 72.4 Å². The number of amidine groups is 1. The van der Waals surface area contributed by atoms with Gasteiger partial charge in [0.25, 0.3) is 0 Å². The molecule has 0 spiro atoms. The van der Waals surface area contributed by atoms with Gasteiger partial charge in [-0.15, -0.1) is 0 Å². The number of nitrogens with zero attached hydrogens (tertiary/aromatic N) is 2. The van der Waals surface area contributed by atoms with Gasteiger partial charge in [0.15, 0.2) is 5.17 Å². The molecule has 4 rings (SSSR count). The van der Waals surface area contributed by atoms with Crippen molar-refractivity contribution in [2.24, 2.45) is 4.99 Å². The summed E-state index contributed by atoms with van der Waals surface area (Å²) in [7, 11) is 0. The molecule has 2 aliphatic rings. The Bertz CT molecular complexity index is 970. The lowest BCUT2D eigenvalue weighted by Gasteiger charge is -2.33. The SMILES string of the molecule is CCOC(=O)C1=C(C)N=C2S[C@H](c3ccccc3)C(=O)N2[C@@H]1c1ccccc1. The maximum atomic E-state index is 13.4. The average Bonchev–Trinajstić information content (AvgIpc) is 3.04. The van der Waals surface area contributed by atoms with Gasteiger partial charge in [-0.25, -0.2) is 9.79 Å². The van der Waals surface area contributed by atoms with Crippen LogP contribution in [0.4, 0.5) is 0 Å². The van der Waals surface area contributed by atoms with Crippen LogP contribution in [0.3, 0.4) is 0 Å². The van der Waals surface area contributed by atoms with Gasteiger partial charge in [0.1, 0.15) is 5.25 Å². The normalized spacial score (nSPS) is 21.4. The standard InChI is InChI=1S/C22H20N2O3S/c1-3-27-21(26)17-14(2)23-22-24(18(17)15-10-6-4-7-11-15)20(25)19(28-22)16-12-8-5-9-13-16/h4-13,18-19H,3H2,1-2H3/t18-,19-/m1/s1. The van der Waals surface area contributed by atoms with Crippen LogP contribution in [0, 0.1) is 0 Å². The van der Waals surface area contributed by atoms with E-state index in [-0.39, 0.29) is 17.8 Å². The monoisotopic (exact) mass is 392 g/mol. The first-order valence-electron chi connectivity index (χ1n) is 9.18. The molecule has 142 valence electrons. The second-order valence-electron chi connectivity index (χ2n) is 6.54. The predicted octanol–water partition coefficient (Wildman–Crippen LogP) is 4.25. The highest BCUT2D eigenvalue weighted by Crippen LogP contribution is 2.48. The van der Waals surface area contributed by atoms with Crippen molar-refractivity contribution >= 4 is 28.8 Å². The van der Waals surface area contributed by atoms with Gasteiger partial charge in [-0.05, 0) is 25.0 Å². The molecule has 1 amide bonds. The summed E-state index contributed by atoms with van der Waals surface area (Å²) >= 11 is 1.43. The van der Waals surface area contributed by atoms with E-state index in [1.165, 1.54) is 11.8 Å². The van der Waals surface area contributed by atoms with Crippen LogP contribution in [0.2, 0.25) is 0 Å². The van der Waals surface area contributed by atoms with E-state index in [1.54, 1.807) is 18.7 Å². The van der Waals surface area contributed by atoms with E-state index in [0.29, 0.717) is 16.4 Å². The van der Waals surface area contributed by atoms with Crippen LogP contribution < -0.4 is 0 Å². The van der Waals surface area contributed by atoms with Crippen LogP contribution in [-0.2, 0) is 14.3 Å². The Labute approximate surface area is 168 Å². The van der Waals surface area contributed by atoms with Crippen molar-refractivity contribution in [2.45, 2.75) is 25.1 Å². The van der Waals surface area contributed by atoms with Crippen LogP contribution >= 0.6 is 11.8 Å². The van der Waals surface area contributed by atoms with Gasteiger partial charge in [-0.3, -0.25) is 9.69 Å². The van der Waals surface area contributed by atoms with Gasteiger partial charge in [0.2, 0.25) is 5.91 Å². The van der Waals surface area contributed by atoms with E-state index < -0.39 is 12.0 Å². The molecule has 0 radical (unpaired) electrons. The molecular formula is C22H20N2O3S. The minimum Gasteiger partial charge on any atom is -0.463 e. The zero-order chi connectivity index (χ0) is 19.7. The Hall–Kier alpha value is -2.86. The fraction of sp³-hybridized carbons (Fsp3) is 0.227. The molecule has 0 bridgehead atoms. The maximum Gasteiger partial charge on any atom is 0.338 e. The summed E-state index contributed by atoms with van der Waals surface area (Å²) in [6.07, 6.45) is 0. The summed E-state index contributed by atoms with van der Waals surface area (Å²) in [5.41, 5.74) is 2.80. The van der Waals surface area contributed by atoms with Crippen molar-refractivity contribution in [1.29, 1.82) is 0 Å². The number of amides is 1. The lowest BCUT2D eigenvalue weighted by molar-refractivity contribution is -0.139. The molecule has 0 saturated carbocycles. The quantitative estimate of drug-likeness (QED) is 0.730. The van der Waals surface area contributed by atoms with Crippen molar-refractivity contribution in [3.8, 4) is 0 Å². The first-order valence-corrected chi connectivity index (χ1v) is 10.1. The molecule has 28 heavy (non-hydrogen) atoms. The molecule has 0 aromatic heterocycles. The fourth-order valence-electron chi connectivity index (χ4n) is 3.54. The lowest BCUT2D eigenvalue weighted by Crippen LogP contribution is -2.40. The number of esters is 1. The highest BCUT2D eigenvalue weighted by atomic mass is 32.2. The summed E-state index contributed by atoms with van der Waals surface area (Å²) in [5, 5.41) is 0.249. The molecule has 2 aliphatic heterocycles. The molecule has 0 aliphatic carbocycles. The van der Waals surface area contributed by atoms with Crippen molar-refractivity contribution < 1.29 is 14.3 Å². The summed E-state index contributed by atoms with van der Waals surface area (Å²) in [6.45, 7) is 3.83. The Kier molecular flexibility index (Phi) is 5.05. The third kappa shape index (κ3) is 3.14. The Morgan fingerprint density at radius 2 is 1.68 bits per heavy atom. The van der Waals surface area contributed by atoms with Gasteiger partial charge in [-0.2, -0.15) is 0 Å². The smallest absolute Gasteiger partial charge is 0.338 e. The minimum absolute atomic E-state index is 0.0712. The van der Waals surface area contributed by atoms with Crippen LogP contribution in [0.25, 0.3) is 0 Å². The number of aliphatic imine (C=N–C) groups is 1. The maximum absolute atomic E-state index is 13.4. The number of allylic oxidation sites excluding steroid dienone is 1. The number of hydrogen-bond acceptors (Lipinski definition) is 5. The number of rotatable bonds is 4. The number of carbonyl (C=O) groups excluding carboxylic acids is 2. The van der Waals surface area contributed by atoms with Crippen LogP contribution in [0.5, 0.6) is 0 Å². The third-order valence-corrected chi connectivity index (χ3v) is 6.00. The number of thioether (sulfide) groups is 1. The molecule has 6 heteroatoms. The third-order valence-electron chi connectivity index (χ3n) is 4.79. The number of ether oxygens (including phenoxy) is 1. The highest BCUT2D eigenvalue weighted by molar-refractivity contribution is 8.15. The number of fused-ring (bicyclic) bond motifs is 1. The van der Waals surface area contributed by atoms with Crippen molar-refractivity contribution in [1.82, 2.24) is 4.90 Å². The van der Waals surface area contributed by atoms with E-state index in [9.17, 15) is 9.59 Å². The molecule has 2 heterocycles. The molecule has 5 nitrogen and oxygen atoms in total. The Morgan fingerprint density at radius 1 is 1.07 bits per heavy atom. The molecule has 1 fully saturated rings. The van der Waals surface area contributed by atoms with Crippen LogP contribution in [0.15, 0.2) is 76.9 Å². The van der Waals surface area contributed by atoms with E-state index >= 15 is 0 Å². The molecule has 2 atom stereocenters. The summed E-state index contributed by atoms with van der Waals surface area (Å²) in [4.78, 5) is 32.4. The lowest BCUT2D eigenvalue weighted by atomic mass is 9.94. The number of hydrogen-bond donors (Lipinski definition) is 0. The summed E-state index contributed by atoms with van der Waals surface area (Å²) in [6, 6.07) is 18.7. The van der Waals surface area contributed by atoms with Gasteiger partial charge >= 0.3 is 5.97 Å². The predicted molar refractivity (Wildman–Crippen MR) is 110 cm³/mol. The van der Waals surface area contributed by atoms with Gasteiger partial charge in [0.05, 0.1) is 23.9 Å². The van der Waals surface area contributed by atoms with E-state index in [4.69, 9.17) is 4.74 Å². The van der Waals surface area contributed by atoms with Crippen molar-refractivity contribution in [3.63, 3.8) is 0 Å². The molecule has 0 N–H and O–H groups in total. The van der Waals surface area contributed by atoms with Crippen LogP contribution in [-0.4, -0.2) is 28.6 Å². The van der Waals surface area contributed by atoms with E-state index in [0.717, 1.165) is 11.1 Å². The second-order valence-corrected chi connectivity index (χ2v) is 7.62. The highest BCUT2D eigenvalue weighted by Gasteiger charge is 2.48. The largest absolute Gasteiger partial charge is 0.463 e. The zero-order valence-corrected chi connectivity index (χ0v) is 16.5. The topological polar surface area (TPSA) is 59.0 Å². The Morgan fingerprint density at radius 3 is 2.29 bits per heavy atom. The van der Waals surface area contributed by atoms with Gasteiger partial charge in [0, 0.05) is 0 Å². The first-order chi connectivity index (χ1) is 13.6. The van der Waals surface area contributed by atoms with E-state index in [2.05, 4.69) is 4.99 Å². The molecule has 2 aromatic carbocycles. The average molecular weight is 392 g/mol. The minimum atomic E-state index is -0.540. The van der Waals surface area contributed by atoms with Crippen molar-refractivity contribution in [3.05, 3.63) is 83.1 Å². The van der Waals surface area contributed by atoms with Crippen LogP contribution in [0.1, 0.15) is 36.3 Å². The fourth-order valence-corrected chi connectivity index (χ4v) is 4.76. The molecule has 1 saturated heterocycles. The molecule has 2 aromatic rings. The Balaban J connectivity index is 1.81. The van der Waals surface area contributed by atoms with Crippen molar-refractivity contribution in [2.75, 3.05) is 6.61 Å². The summed E-state index contributed by atoms with van der Waals surface area (Å²) < 4.78 is 5.29. The zero-order valence-electron chi connectivity index (χ0n) is 15.7. The number of benzene rings is 2. The number of carbonyl (C=O) groups is 2. The second kappa shape index (κ2) is 7.64.